The maximum absolute atomic E-state index is 3.44. The summed E-state index contributed by atoms with van der Waals surface area (Å²) in [4.78, 5) is 0. The van der Waals surface area contributed by atoms with Crippen LogP contribution in [0.2, 0.25) is 0 Å². The van der Waals surface area contributed by atoms with Crippen LogP contribution in [0.1, 0.15) is 34.6 Å². The van der Waals surface area contributed by atoms with E-state index in [2.05, 4.69) is 40.7 Å². The molecule has 0 atom stereocenters. The van der Waals surface area contributed by atoms with Gasteiger partial charge >= 0.3 is 0 Å². The van der Waals surface area contributed by atoms with Crippen molar-refractivity contribution >= 4 is 25.8 Å². The van der Waals surface area contributed by atoms with Gasteiger partial charge in [-0.05, 0) is 38.0 Å². The molecule has 0 bridgehead atoms. The average molecular weight is 250 g/mol. The molecular weight excluding hydrogens is 235 g/mol. The minimum atomic E-state index is 0. The van der Waals surface area contributed by atoms with Gasteiger partial charge in [-0.3, -0.25) is 0 Å². The van der Waals surface area contributed by atoms with Gasteiger partial charge in [0, 0.05) is 31.3 Å². The SMILES string of the molecule is CC1=[C]C(C)(C)C(C)=C1C.[In]. The van der Waals surface area contributed by atoms with E-state index in [1.807, 2.05) is 0 Å². The maximum Gasteiger partial charge on any atom is 0.0114 e. The van der Waals surface area contributed by atoms with Gasteiger partial charge in [-0.2, -0.15) is 0 Å². The molecule has 1 heteroatoms. The molecular formula is C10H15In. The van der Waals surface area contributed by atoms with Gasteiger partial charge in [-0.15, -0.1) is 0 Å². The number of hydrogen-bond acceptors (Lipinski definition) is 0. The zero-order valence-corrected chi connectivity index (χ0v) is 11.4. The Morgan fingerprint density at radius 1 is 1.09 bits per heavy atom. The quantitative estimate of drug-likeness (QED) is 0.620. The minimum Gasteiger partial charge on any atom is -0.0601 e. The summed E-state index contributed by atoms with van der Waals surface area (Å²) < 4.78 is 0. The molecule has 58 valence electrons. The summed E-state index contributed by atoms with van der Waals surface area (Å²) in [5.41, 5.74) is 4.39. The smallest absolute Gasteiger partial charge is 0.0114 e. The Bertz CT molecular complexity index is 219. The summed E-state index contributed by atoms with van der Waals surface area (Å²) in [7, 11) is 0. The third-order valence-corrected chi connectivity index (χ3v) is 2.56. The molecule has 0 spiro atoms. The summed E-state index contributed by atoms with van der Waals surface area (Å²) in [5.74, 6) is 0. The third-order valence-electron chi connectivity index (χ3n) is 2.56. The average Bonchev–Trinajstić information content (AvgIpc) is 1.95. The standard InChI is InChI=1S/C10H15.In/c1-7-6-10(4,5)9(3)8(7)2;/h1-5H3;. The molecule has 0 heterocycles. The molecule has 0 saturated carbocycles. The summed E-state index contributed by atoms with van der Waals surface area (Å²) in [6, 6.07) is 0. The molecule has 0 unspecified atom stereocenters. The summed E-state index contributed by atoms with van der Waals surface area (Å²) in [6.07, 6.45) is 3.44. The summed E-state index contributed by atoms with van der Waals surface area (Å²) >= 11 is 0. The van der Waals surface area contributed by atoms with Gasteiger partial charge in [0.1, 0.15) is 0 Å². The second-order valence-corrected chi connectivity index (χ2v) is 3.62. The van der Waals surface area contributed by atoms with Crippen molar-refractivity contribution in [1.82, 2.24) is 0 Å². The largest absolute Gasteiger partial charge is 0.0601 e. The van der Waals surface area contributed by atoms with Crippen LogP contribution in [0.4, 0.5) is 0 Å². The molecule has 1 aliphatic carbocycles. The first-order valence-electron chi connectivity index (χ1n) is 3.75. The zero-order valence-electron chi connectivity index (χ0n) is 8.08. The van der Waals surface area contributed by atoms with Crippen LogP contribution in [0, 0.1) is 11.5 Å². The van der Waals surface area contributed by atoms with Crippen molar-refractivity contribution in [3.8, 4) is 0 Å². The molecule has 0 nitrogen and oxygen atoms in total. The zero-order chi connectivity index (χ0) is 7.94. The summed E-state index contributed by atoms with van der Waals surface area (Å²) in [5, 5.41) is 0. The Kier molecular flexibility index (Phi) is 3.49. The van der Waals surface area contributed by atoms with E-state index in [-0.39, 0.29) is 31.3 Å². The number of hydrogen-bond donors (Lipinski definition) is 0. The molecule has 1 rings (SSSR count). The first kappa shape index (κ1) is 11.4. The van der Waals surface area contributed by atoms with Crippen molar-refractivity contribution in [2.75, 3.05) is 0 Å². The molecule has 0 aliphatic heterocycles. The minimum absolute atomic E-state index is 0. The van der Waals surface area contributed by atoms with Gasteiger partial charge in [0.05, 0.1) is 0 Å². The van der Waals surface area contributed by atoms with E-state index >= 15 is 0 Å². The molecule has 11 heavy (non-hydrogen) atoms. The summed E-state index contributed by atoms with van der Waals surface area (Å²) in [6.45, 7) is 10.9. The first-order valence-corrected chi connectivity index (χ1v) is 3.75. The van der Waals surface area contributed by atoms with Crippen LogP contribution in [0.25, 0.3) is 0 Å². The molecule has 0 aromatic heterocycles. The van der Waals surface area contributed by atoms with E-state index in [1.54, 1.807) is 0 Å². The predicted octanol–water partition coefficient (Wildman–Crippen LogP) is 2.73. The Morgan fingerprint density at radius 2 is 1.55 bits per heavy atom. The molecule has 0 saturated heterocycles. The molecule has 0 fully saturated rings. The van der Waals surface area contributed by atoms with Gasteiger partial charge in [0.25, 0.3) is 0 Å². The normalized spacial score (nSPS) is 21.4. The van der Waals surface area contributed by atoms with Crippen LogP contribution in [-0.4, -0.2) is 25.8 Å². The van der Waals surface area contributed by atoms with Crippen LogP contribution in [-0.2, 0) is 0 Å². The molecule has 0 N–H and O–H groups in total. The van der Waals surface area contributed by atoms with Crippen LogP contribution in [0.3, 0.4) is 0 Å². The van der Waals surface area contributed by atoms with Crippen LogP contribution >= 0.6 is 0 Å². The van der Waals surface area contributed by atoms with Gasteiger partial charge < -0.3 is 0 Å². The Labute approximate surface area is 88.5 Å². The molecule has 1 aliphatic rings. The Balaban J connectivity index is 0.000001000. The Hall–Kier alpha value is 0.350. The van der Waals surface area contributed by atoms with Crippen LogP contribution in [0.5, 0.6) is 0 Å². The molecule has 0 aromatic carbocycles. The number of allylic oxidation sites excluding steroid dienone is 4. The van der Waals surface area contributed by atoms with Crippen molar-refractivity contribution in [2.24, 2.45) is 5.41 Å². The fourth-order valence-corrected chi connectivity index (χ4v) is 1.41. The van der Waals surface area contributed by atoms with Crippen molar-refractivity contribution in [3.63, 3.8) is 0 Å². The van der Waals surface area contributed by atoms with Gasteiger partial charge in [0.2, 0.25) is 0 Å². The third kappa shape index (κ3) is 1.93. The van der Waals surface area contributed by atoms with Crippen molar-refractivity contribution in [3.05, 3.63) is 22.8 Å². The van der Waals surface area contributed by atoms with Gasteiger partial charge in [0.15, 0.2) is 0 Å². The van der Waals surface area contributed by atoms with E-state index in [0.717, 1.165) is 0 Å². The first-order chi connectivity index (χ1) is 4.45. The topological polar surface area (TPSA) is 0 Å². The molecule has 0 aromatic rings. The maximum atomic E-state index is 3.44. The van der Waals surface area contributed by atoms with E-state index < -0.39 is 0 Å². The second kappa shape index (κ2) is 3.38. The van der Waals surface area contributed by atoms with Crippen molar-refractivity contribution < 1.29 is 0 Å². The van der Waals surface area contributed by atoms with Crippen LogP contribution in [0.15, 0.2) is 16.7 Å². The Morgan fingerprint density at radius 3 is 1.64 bits per heavy atom. The van der Waals surface area contributed by atoms with Crippen molar-refractivity contribution in [1.29, 1.82) is 0 Å². The van der Waals surface area contributed by atoms with Crippen LogP contribution < -0.4 is 0 Å². The molecule has 4 radical (unpaired) electrons. The van der Waals surface area contributed by atoms with E-state index in [1.165, 1.54) is 16.7 Å². The van der Waals surface area contributed by atoms with Gasteiger partial charge in [-0.1, -0.05) is 19.4 Å². The van der Waals surface area contributed by atoms with E-state index in [0.29, 0.717) is 0 Å². The molecule has 0 amide bonds. The van der Waals surface area contributed by atoms with E-state index in [9.17, 15) is 0 Å². The van der Waals surface area contributed by atoms with Crippen molar-refractivity contribution in [2.45, 2.75) is 34.6 Å². The van der Waals surface area contributed by atoms with E-state index in [4.69, 9.17) is 0 Å². The fourth-order valence-electron chi connectivity index (χ4n) is 1.41. The fraction of sp³-hybridized carbons (Fsp3) is 0.600. The van der Waals surface area contributed by atoms with Gasteiger partial charge in [-0.25, -0.2) is 0 Å². The predicted molar refractivity (Wildman–Crippen MR) is 50.3 cm³/mol. The second-order valence-electron chi connectivity index (χ2n) is 3.62. The monoisotopic (exact) mass is 250 g/mol. The number of rotatable bonds is 0.